The van der Waals surface area contributed by atoms with Crippen LogP contribution in [0.2, 0.25) is 0 Å². The lowest BCUT2D eigenvalue weighted by Gasteiger charge is -2.23. The molecule has 9 nitrogen and oxygen atoms in total. The number of hydrogen-bond donors (Lipinski definition) is 1. The van der Waals surface area contributed by atoms with Gasteiger partial charge in [0.05, 0.1) is 11.9 Å². The molecule has 1 aliphatic rings. The van der Waals surface area contributed by atoms with Gasteiger partial charge in [0.15, 0.2) is 22.6 Å². The summed E-state index contributed by atoms with van der Waals surface area (Å²) in [4.78, 5) is 36.9. The molecule has 2 aromatic heterocycles. The molecular weight excluding hydrogens is 501 g/mol. The van der Waals surface area contributed by atoms with Crippen molar-refractivity contribution >= 4 is 28.9 Å². The summed E-state index contributed by atoms with van der Waals surface area (Å²) in [5.41, 5.74) is -0.312. The standard InChI is InChI=1S/C29H34FN5O4/c1-3-5-6-7-8-9-13-16-22(36)32-25-24-26(34-28(30)33-25)35(20-31-24)23-17-18-29(4-2,39-23)19-38-27(37)21-14-11-10-12-15-21/h2,10-12,14-15,20,23H,3,5-9,13,16-19H2,1H3,(H,32,33,34,36)/t23-,29+/m1/s1. The van der Waals surface area contributed by atoms with E-state index in [1.54, 1.807) is 34.9 Å². The van der Waals surface area contributed by atoms with Crippen molar-refractivity contribution < 1.29 is 23.5 Å². The molecule has 1 aromatic carbocycles. The van der Waals surface area contributed by atoms with Gasteiger partial charge in [0.1, 0.15) is 12.8 Å². The molecule has 2 atom stereocenters. The third kappa shape index (κ3) is 7.18. The van der Waals surface area contributed by atoms with Crippen LogP contribution in [-0.4, -0.2) is 43.6 Å². The number of imidazole rings is 1. The van der Waals surface area contributed by atoms with Crippen molar-refractivity contribution in [3.63, 3.8) is 0 Å². The van der Waals surface area contributed by atoms with Crippen LogP contribution >= 0.6 is 0 Å². The van der Waals surface area contributed by atoms with Gasteiger partial charge in [0, 0.05) is 6.42 Å². The predicted octanol–water partition coefficient (Wildman–Crippen LogP) is 5.58. The van der Waals surface area contributed by atoms with Gasteiger partial charge in [-0.3, -0.25) is 9.36 Å². The number of aromatic nitrogens is 4. The largest absolute Gasteiger partial charge is 0.458 e. The topological polar surface area (TPSA) is 108 Å². The maximum absolute atomic E-state index is 14.4. The zero-order valence-electron chi connectivity index (χ0n) is 22.2. The first-order valence-corrected chi connectivity index (χ1v) is 13.5. The quantitative estimate of drug-likeness (QED) is 0.132. The van der Waals surface area contributed by atoms with Crippen molar-refractivity contribution in [2.45, 2.75) is 83.0 Å². The van der Waals surface area contributed by atoms with E-state index in [-0.39, 0.29) is 29.5 Å². The van der Waals surface area contributed by atoms with Crippen LogP contribution in [0, 0.1) is 18.4 Å². The van der Waals surface area contributed by atoms with Crippen LogP contribution in [0.1, 0.15) is 87.7 Å². The number of ether oxygens (including phenoxy) is 2. The predicted molar refractivity (Wildman–Crippen MR) is 144 cm³/mol. The Morgan fingerprint density at radius 3 is 2.67 bits per heavy atom. The number of esters is 1. The summed E-state index contributed by atoms with van der Waals surface area (Å²) in [6.07, 6.45) is 14.5. The van der Waals surface area contributed by atoms with Gasteiger partial charge in [-0.2, -0.15) is 14.4 Å². The third-order valence-corrected chi connectivity index (χ3v) is 6.84. The number of rotatable bonds is 13. The lowest BCUT2D eigenvalue weighted by Crippen LogP contribution is -2.34. The molecule has 10 heteroatoms. The first-order valence-electron chi connectivity index (χ1n) is 13.5. The number of nitrogens with zero attached hydrogens (tertiary/aromatic N) is 4. The van der Waals surface area contributed by atoms with E-state index in [4.69, 9.17) is 15.9 Å². The lowest BCUT2D eigenvalue weighted by atomic mass is 10.0. The van der Waals surface area contributed by atoms with Crippen molar-refractivity contribution in [1.29, 1.82) is 0 Å². The molecule has 39 heavy (non-hydrogen) atoms. The molecule has 206 valence electrons. The van der Waals surface area contributed by atoms with Crippen molar-refractivity contribution in [2.75, 3.05) is 11.9 Å². The number of anilines is 1. The number of unbranched alkanes of at least 4 members (excludes halogenated alkanes) is 6. The molecular formula is C29H34FN5O4. The van der Waals surface area contributed by atoms with Crippen LogP contribution in [0.3, 0.4) is 0 Å². The minimum atomic E-state index is -1.15. The normalized spacial score (nSPS) is 18.6. The highest BCUT2D eigenvalue weighted by molar-refractivity contribution is 5.96. The summed E-state index contributed by atoms with van der Waals surface area (Å²) in [6, 6.07) is 8.60. The summed E-state index contributed by atoms with van der Waals surface area (Å²) in [5, 5.41) is 2.68. The van der Waals surface area contributed by atoms with E-state index in [0.29, 0.717) is 24.8 Å². The van der Waals surface area contributed by atoms with Gasteiger partial charge in [0.25, 0.3) is 0 Å². The summed E-state index contributed by atoms with van der Waals surface area (Å²) in [7, 11) is 0. The van der Waals surface area contributed by atoms with Crippen LogP contribution in [0.15, 0.2) is 36.7 Å². The molecule has 4 rings (SSSR count). The summed E-state index contributed by atoms with van der Waals surface area (Å²) in [5.74, 6) is 1.88. The number of carbonyl (C=O) groups excluding carboxylic acids is 2. The van der Waals surface area contributed by atoms with E-state index in [1.807, 2.05) is 0 Å². The second-order valence-electron chi connectivity index (χ2n) is 9.78. The monoisotopic (exact) mass is 535 g/mol. The Kier molecular flexibility index (Phi) is 9.60. The van der Waals surface area contributed by atoms with E-state index in [9.17, 15) is 14.0 Å². The highest BCUT2D eigenvalue weighted by Crippen LogP contribution is 2.38. The molecule has 1 aliphatic heterocycles. The molecule has 1 saturated heterocycles. The molecule has 0 spiro atoms. The SMILES string of the molecule is C#C[C@@]1(COC(=O)c2ccccc2)CC[C@H](n2cnc3c(NC(=O)CCCCCCCCC)nc(F)nc32)O1. The number of halogens is 1. The number of terminal acetylenes is 1. The fourth-order valence-electron chi connectivity index (χ4n) is 4.65. The minimum Gasteiger partial charge on any atom is -0.458 e. The Balaban J connectivity index is 1.38. The van der Waals surface area contributed by atoms with Crippen molar-refractivity contribution in [1.82, 2.24) is 19.5 Å². The number of nitrogens with one attached hydrogen (secondary N) is 1. The first kappa shape index (κ1) is 28.2. The zero-order valence-corrected chi connectivity index (χ0v) is 22.2. The average molecular weight is 536 g/mol. The number of amides is 1. The Bertz CT molecular complexity index is 1320. The summed E-state index contributed by atoms with van der Waals surface area (Å²) in [6.45, 7) is 2.04. The number of carbonyl (C=O) groups is 2. The maximum atomic E-state index is 14.4. The second-order valence-corrected chi connectivity index (χ2v) is 9.78. The molecule has 3 heterocycles. The van der Waals surface area contributed by atoms with Crippen molar-refractivity contribution in [3.05, 3.63) is 48.3 Å². The van der Waals surface area contributed by atoms with E-state index in [2.05, 4.69) is 33.1 Å². The van der Waals surface area contributed by atoms with Gasteiger partial charge in [-0.15, -0.1) is 6.42 Å². The fraction of sp³-hybridized carbons (Fsp3) is 0.483. The number of hydrogen-bond acceptors (Lipinski definition) is 7. The van der Waals surface area contributed by atoms with E-state index >= 15 is 0 Å². The Morgan fingerprint density at radius 1 is 1.18 bits per heavy atom. The highest BCUT2D eigenvalue weighted by Gasteiger charge is 2.41. The molecule has 0 bridgehead atoms. The van der Waals surface area contributed by atoms with Gasteiger partial charge in [-0.05, 0) is 31.4 Å². The zero-order chi connectivity index (χ0) is 27.7. The summed E-state index contributed by atoms with van der Waals surface area (Å²) < 4.78 is 27.5. The van der Waals surface area contributed by atoms with Crippen molar-refractivity contribution in [3.8, 4) is 12.3 Å². The Hall–Kier alpha value is -3.84. The molecule has 1 fully saturated rings. The van der Waals surface area contributed by atoms with E-state index in [0.717, 1.165) is 19.3 Å². The van der Waals surface area contributed by atoms with E-state index in [1.165, 1.54) is 32.0 Å². The van der Waals surface area contributed by atoms with Gasteiger partial charge in [-0.1, -0.05) is 69.6 Å². The highest BCUT2D eigenvalue weighted by atomic mass is 19.1. The molecule has 1 amide bonds. The van der Waals surface area contributed by atoms with Gasteiger partial charge in [0.2, 0.25) is 5.91 Å². The number of fused-ring (bicyclic) bond motifs is 1. The van der Waals surface area contributed by atoms with Crippen LogP contribution < -0.4 is 5.32 Å². The smallest absolute Gasteiger partial charge is 0.338 e. The van der Waals surface area contributed by atoms with Crippen LogP contribution in [0.5, 0.6) is 0 Å². The Morgan fingerprint density at radius 2 is 1.92 bits per heavy atom. The van der Waals surface area contributed by atoms with Gasteiger partial charge < -0.3 is 14.8 Å². The second kappa shape index (κ2) is 13.3. The molecule has 0 unspecified atom stereocenters. The lowest BCUT2D eigenvalue weighted by molar-refractivity contribution is -0.116. The average Bonchev–Trinajstić information content (AvgIpc) is 3.56. The molecule has 3 aromatic rings. The molecule has 0 saturated carbocycles. The van der Waals surface area contributed by atoms with E-state index < -0.39 is 23.9 Å². The first-order chi connectivity index (χ1) is 18.9. The Labute approximate surface area is 227 Å². The van der Waals surface area contributed by atoms with Crippen LogP contribution in [0.4, 0.5) is 10.2 Å². The molecule has 1 N–H and O–H groups in total. The summed E-state index contributed by atoms with van der Waals surface area (Å²) >= 11 is 0. The third-order valence-electron chi connectivity index (χ3n) is 6.84. The van der Waals surface area contributed by atoms with Gasteiger partial charge >= 0.3 is 12.0 Å². The number of benzene rings is 1. The van der Waals surface area contributed by atoms with Crippen LogP contribution in [0.25, 0.3) is 11.2 Å². The minimum absolute atomic E-state index is 0.0159. The van der Waals surface area contributed by atoms with Crippen LogP contribution in [-0.2, 0) is 14.3 Å². The fourth-order valence-corrected chi connectivity index (χ4v) is 4.65. The van der Waals surface area contributed by atoms with Crippen molar-refractivity contribution in [2.24, 2.45) is 0 Å². The molecule has 0 radical (unpaired) electrons. The maximum Gasteiger partial charge on any atom is 0.338 e. The van der Waals surface area contributed by atoms with Gasteiger partial charge in [-0.25, -0.2) is 9.78 Å². The molecule has 0 aliphatic carbocycles.